The molecule has 1 aromatic heterocycles. The Labute approximate surface area is 105 Å². The van der Waals surface area contributed by atoms with Gasteiger partial charge in [0.25, 0.3) is 0 Å². The molecule has 0 spiro atoms. The highest BCUT2D eigenvalue weighted by Crippen LogP contribution is 2.19. The molecule has 0 fully saturated rings. The van der Waals surface area contributed by atoms with Crippen molar-refractivity contribution in [1.29, 1.82) is 0 Å². The summed E-state index contributed by atoms with van der Waals surface area (Å²) in [5.41, 5.74) is 0.834. The Morgan fingerprint density at radius 2 is 2.12 bits per heavy atom. The van der Waals surface area contributed by atoms with Gasteiger partial charge in [-0.1, -0.05) is 26.7 Å². The zero-order valence-corrected chi connectivity index (χ0v) is 11.4. The number of aliphatic hydroxyl groups is 1. The van der Waals surface area contributed by atoms with Gasteiger partial charge < -0.3 is 10.4 Å². The predicted octanol–water partition coefficient (Wildman–Crippen LogP) is 3.18. The van der Waals surface area contributed by atoms with Crippen molar-refractivity contribution in [2.45, 2.75) is 33.3 Å². The predicted molar refractivity (Wildman–Crippen MR) is 70.4 cm³/mol. The summed E-state index contributed by atoms with van der Waals surface area (Å²) in [6.45, 7) is 5.31. The average molecular weight is 287 g/mol. The summed E-state index contributed by atoms with van der Waals surface area (Å²) in [6, 6.07) is 1.89. The van der Waals surface area contributed by atoms with Crippen LogP contribution < -0.4 is 5.32 Å². The van der Waals surface area contributed by atoms with E-state index in [1.807, 2.05) is 6.07 Å². The normalized spacial score (nSPS) is 10.8. The highest BCUT2D eigenvalue weighted by molar-refractivity contribution is 9.10. The lowest BCUT2D eigenvalue weighted by Crippen LogP contribution is -2.14. The van der Waals surface area contributed by atoms with E-state index in [4.69, 9.17) is 0 Å². The minimum absolute atomic E-state index is 0.0116. The van der Waals surface area contributed by atoms with Crippen molar-refractivity contribution in [2.75, 3.05) is 11.9 Å². The smallest absolute Gasteiger partial charge is 0.131 e. The highest BCUT2D eigenvalue weighted by atomic mass is 79.9. The van der Waals surface area contributed by atoms with Crippen molar-refractivity contribution in [3.8, 4) is 0 Å². The summed E-state index contributed by atoms with van der Waals surface area (Å²) in [5, 5.41) is 12.5. The second-order valence-corrected chi connectivity index (χ2v) is 4.80. The first-order chi connectivity index (χ1) is 7.71. The van der Waals surface area contributed by atoms with Gasteiger partial charge in [0.15, 0.2) is 0 Å². The molecule has 0 unspecified atom stereocenters. The second kappa shape index (κ2) is 6.86. The number of rotatable bonds is 6. The molecule has 3 nitrogen and oxygen atoms in total. The molecule has 16 heavy (non-hydrogen) atoms. The van der Waals surface area contributed by atoms with Gasteiger partial charge in [0.2, 0.25) is 0 Å². The summed E-state index contributed by atoms with van der Waals surface area (Å²) in [5.74, 6) is 1.45. The van der Waals surface area contributed by atoms with E-state index in [0.29, 0.717) is 5.92 Å². The third-order valence-corrected chi connectivity index (χ3v) is 3.25. The molecule has 1 heterocycles. The Hall–Kier alpha value is -0.610. The van der Waals surface area contributed by atoms with Gasteiger partial charge in [-0.2, -0.15) is 0 Å². The highest BCUT2D eigenvalue weighted by Gasteiger charge is 2.07. The lowest BCUT2D eigenvalue weighted by molar-refractivity contribution is 0.282. The number of pyridine rings is 1. The average Bonchev–Trinajstić information content (AvgIpc) is 2.31. The molecule has 0 aliphatic carbocycles. The second-order valence-electron chi connectivity index (χ2n) is 3.88. The fourth-order valence-electron chi connectivity index (χ4n) is 1.58. The van der Waals surface area contributed by atoms with Crippen LogP contribution in [0.3, 0.4) is 0 Å². The van der Waals surface area contributed by atoms with Crippen LogP contribution in [0.15, 0.2) is 16.7 Å². The molecule has 4 heteroatoms. The number of nitrogens with zero attached hydrogens (tertiary/aromatic N) is 1. The van der Waals surface area contributed by atoms with Crippen LogP contribution in [0.4, 0.5) is 5.82 Å². The van der Waals surface area contributed by atoms with Crippen LogP contribution in [0, 0.1) is 5.92 Å². The Bertz CT molecular complexity index is 327. The summed E-state index contributed by atoms with van der Waals surface area (Å²) < 4.78 is 0.893. The van der Waals surface area contributed by atoms with Crippen LogP contribution in [0.2, 0.25) is 0 Å². The molecular formula is C12H19BrN2O. The number of aliphatic hydroxyl groups excluding tert-OH is 1. The van der Waals surface area contributed by atoms with E-state index in [-0.39, 0.29) is 6.61 Å². The van der Waals surface area contributed by atoms with Gasteiger partial charge in [0.1, 0.15) is 5.82 Å². The molecule has 0 atom stereocenters. The molecule has 0 bridgehead atoms. The molecule has 0 radical (unpaired) electrons. The van der Waals surface area contributed by atoms with Crippen LogP contribution in [0.1, 0.15) is 32.3 Å². The first-order valence-corrected chi connectivity index (χ1v) is 6.49. The van der Waals surface area contributed by atoms with Crippen molar-refractivity contribution < 1.29 is 5.11 Å². The number of anilines is 1. The van der Waals surface area contributed by atoms with Crippen molar-refractivity contribution >= 4 is 21.7 Å². The monoisotopic (exact) mass is 286 g/mol. The molecule has 0 amide bonds. The van der Waals surface area contributed by atoms with Crippen molar-refractivity contribution in [1.82, 2.24) is 4.98 Å². The Kier molecular flexibility index (Phi) is 5.77. The van der Waals surface area contributed by atoms with Crippen molar-refractivity contribution in [3.05, 3.63) is 22.3 Å². The number of nitrogens with one attached hydrogen (secondary N) is 1. The van der Waals surface area contributed by atoms with Gasteiger partial charge in [-0.05, 0) is 27.9 Å². The Morgan fingerprint density at radius 3 is 2.69 bits per heavy atom. The van der Waals surface area contributed by atoms with E-state index in [1.54, 1.807) is 6.20 Å². The molecule has 0 aromatic carbocycles. The Balaban J connectivity index is 2.65. The molecule has 0 saturated heterocycles. The molecule has 2 N–H and O–H groups in total. The lowest BCUT2D eigenvalue weighted by atomic mass is 10.0. The standard InChI is InChI=1S/C12H19BrN2O/c1-3-9(4-2)6-14-12-10(8-16)5-11(13)7-15-12/h5,7,9,16H,3-4,6,8H2,1-2H3,(H,14,15). The largest absolute Gasteiger partial charge is 0.392 e. The molecule has 0 aliphatic heterocycles. The van der Waals surface area contributed by atoms with Crippen LogP contribution >= 0.6 is 15.9 Å². The third kappa shape index (κ3) is 3.76. The topological polar surface area (TPSA) is 45.2 Å². The molecular weight excluding hydrogens is 268 g/mol. The molecule has 0 aliphatic rings. The number of hydrogen-bond donors (Lipinski definition) is 2. The minimum Gasteiger partial charge on any atom is -0.392 e. The fraction of sp³-hybridized carbons (Fsp3) is 0.583. The number of aromatic nitrogens is 1. The van der Waals surface area contributed by atoms with Crippen molar-refractivity contribution in [2.24, 2.45) is 5.92 Å². The quantitative estimate of drug-likeness (QED) is 0.844. The van der Waals surface area contributed by atoms with E-state index in [9.17, 15) is 5.11 Å². The van der Waals surface area contributed by atoms with E-state index >= 15 is 0 Å². The first-order valence-electron chi connectivity index (χ1n) is 5.70. The van der Waals surface area contributed by atoms with Crippen molar-refractivity contribution in [3.63, 3.8) is 0 Å². The van der Waals surface area contributed by atoms with Gasteiger partial charge in [-0.15, -0.1) is 0 Å². The third-order valence-electron chi connectivity index (χ3n) is 2.82. The maximum atomic E-state index is 9.22. The van der Waals surface area contributed by atoms with E-state index in [1.165, 1.54) is 0 Å². The SMILES string of the molecule is CCC(CC)CNc1ncc(Br)cc1CO. The summed E-state index contributed by atoms with van der Waals surface area (Å²) in [4.78, 5) is 4.27. The van der Waals surface area contributed by atoms with Gasteiger partial charge in [-0.25, -0.2) is 4.98 Å². The van der Waals surface area contributed by atoms with E-state index < -0.39 is 0 Å². The van der Waals surface area contributed by atoms with Gasteiger partial charge in [0, 0.05) is 22.8 Å². The number of hydrogen-bond acceptors (Lipinski definition) is 3. The maximum Gasteiger partial charge on any atom is 0.131 e. The minimum atomic E-state index is 0.0116. The van der Waals surface area contributed by atoms with Crippen LogP contribution in [0.5, 0.6) is 0 Å². The Morgan fingerprint density at radius 1 is 1.44 bits per heavy atom. The van der Waals surface area contributed by atoms with Crippen LogP contribution in [0.25, 0.3) is 0 Å². The van der Waals surface area contributed by atoms with Gasteiger partial charge in [0.05, 0.1) is 6.61 Å². The molecule has 90 valence electrons. The maximum absolute atomic E-state index is 9.22. The van der Waals surface area contributed by atoms with Crippen LogP contribution in [-0.4, -0.2) is 16.6 Å². The molecule has 1 rings (SSSR count). The first kappa shape index (κ1) is 13.5. The zero-order valence-electron chi connectivity index (χ0n) is 9.83. The zero-order chi connectivity index (χ0) is 12.0. The molecule has 0 saturated carbocycles. The summed E-state index contributed by atoms with van der Waals surface area (Å²) >= 11 is 3.34. The summed E-state index contributed by atoms with van der Waals surface area (Å²) in [7, 11) is 0. The van der Waals surface area contributed by atoms with Gasteiger partial charge >= 0.3 is 0 Å². The lowest BCUT2D eigenvalue weighted by Gasteiger charge is -2.15. The van der Waals surface area contributed by atoms with E-state index in [2.05, 4.69) is 40.1 Å². The summed E-state index contributed by atoms with van der Waals surface area (Å²) in [6.07, 6.45) is 4.07. The fourth-order valence-corrected chi connectivity index (χ4v) is 1.96. The van der Waals surface area contributed by atoms with E-state index in [0.717, 1.165) is 35.2 Å². The van der Waals surface area contributed by atoms with Gasteiger partial charge in [-0.3, -0.25) is 0 Å². The molecule has 1 aromatic rings. The van der Waals surface area contributed by atoms with Crippen LogP contribution in [-0.2, 0) is 6.61 Å². The number of halogens is 1.